The molecule has 0 unspecified atom stereocenters. The Hall–Kier alpha value is -1.42. The summed E-state index contributed by atoms with van der Waals surface area (Å²) in [4.78, 5) is 0. The van der Waals surface area contributed by atoms with Gasteiger partial charge in [0.1, 0.15) is 0 Å². The molecule has 4 heteroatoms. The molecule has 0 radical (unpaired) electrons. The van der Waals surface area contributed by atoms with E-state index < -0.39 is 0 Å². The molecule has 0 aliphatic carbocycles. The highest BCUT2D eigenvalue weighted by Crippen LogP contribution is 2.09. The number of nitrogens with zero attached hydrogens (tertiary/aromatic N) is 1. The summed E-state index contributed by atoms with van der Waals surface area (Å²) in [5.74, 6) is 0. The van der Waals surface area contributed by atoms with Crippen LogP contribution in [0.1, 0.15) is 23.6 Å². The fourth-order valence-electron chi connectivity index (χ4n) is 1.39. The van der Waals surface area contributed by atoms with Crippen LogP contribution in [0, 0.1) is 13.8 Å². The Morgan fingerprint density at radius 1 is 1.27 bits per heavy atom. The standard InChI is InChI=1S/C11H15N3S/c1-7-4-8(2)6-10(5-7)9(3)13-14-11(12)15/h4-6H,1-3H3,(H3,12,14,15)/b13-9-. The first-order chi connectivity index (χ1) is 6.99. The molecule has 0 atom stereocenters. The molecular formula is C11H15N3S. The fourth-order valence-corrected chi connectivity index (χ4v) is 1.43. The van der Waals surface area contributed by atoms with Gasteiger partial charge in [-0.05, 0) is 38.6 Å². The molecule has 3 N–H and O–H groups in total. The van der Waals surface area contributed by atoms with Crippen LogP contribution in [0.25, 0.3) is 0 Å². The molecule has 1 aromatic rings. The summed E-state index contributed by atoms with van der Waals surface area (Å²) in [5, 5.41) is 4.26. The molecule has 1 aromatic carbocycles. The molecule has 15 heavy (non-hydrogen) atoms. The maximum Gasteiger partial charge on any atom is 0.184 e. The summed E-state index contributed by atoms with van der Waals surface area (Å²) < 4.78 is 0. The van der Waals surface area contributed by atoms with Crippen molar-refractivity contribution in [2.24, 2.45) is 10.8 Å². The van der Waals surface area contributed by atoms with Gasteiger partial charge >= 0.3 is 0 Å². The lowest BCUT2D eigenvalue weighted by Gasteiger charge is -2.04. The van der Waals surface area contributed by atoms with Gasteiger partial charge in [0.05, 0.1) is 5.71 Å². The second-order valence-corrected chi connectivity index (χ2v) is 3.99. The summed E-state index contributed by atoms with van der Waals surface area (Å²) in [6.45, 7) is 6.04. The van der Waals surface area contributed by atoms with Gasteiger partial charge in [0, 0.05) is 0 Å². The number of aryl methyl sites for hydroxylation is 2. The van der Waals surface area contributed by atoms with Crippen molar-refractivity contribution >= 4 is 23.0 Å². The zero-order valence-corrected chi connectivity index (χ0v) is 9.98. The first kappa shape index (κ1) is 11.7. The molecule has 0 bridgehead atoms. The number of rotatable bonds is 2. The summed E-state index contributed by atoms with van der Waals surface area (Å²) in [6.07, 6.45) is 0. The van der Waals surface area contributed by atoms with Crippen LogP contribution < -0.4 is 11.2 Å². The maximum atomic E-state index is 5.29. The van der Waals surface area contributed by atoms with Gasteiger partial charge in [0.25, 0.3) is 0 Å². The van der Waals surface area contributed by atoms with Crippen molar-refractivity contribution in [3.8, 4) is 0 Å². The Kier molecular flexibility index (Phi) is 3.80. The van der Waals surface area contributed by atoms with E-state index in [-0.39, 0.29) is 5.11 Å². The van der Waals surface area contributed by atoms with Gasteiger partial charge in [0.15, 0.2) is 5.11 Å². The summed E-state index contributed by atoms with van der Waals surface area (Å²) in [5.41, 5.74) is 12.3. The van der Waals surface area contributed by atoms with E-state index in [1.54, 1.807) is 0 Å². The Balaban J connectivity index is 2.95. The van der Waals surface area contributed by atoms with Crippen molar-refractivity contribution in [1.29, 1.82) is 0 Å². The van der Waals surface area contributed by atoms with Crippen molar-refractivity contribution in [1.82, 2.24) is 5.43 Å². The van der Waals surface area contributed by atoms with Crippen molar-refractivity contribution in [2.75, 3.05) is 0 Å². The fraction of sp³-hybridized carbons (Fsp3) is 0.273. The number of nitrogens with one attached hydrogen (secondary N) is 1. The van der Waals surface area contributed by atoms with Crippen LogP contribution in [0.15, 0.2) is 23.3 Å². The van der Waals surface area contributed by atoms with Crippen LogP contribution in [0.4, 0.5) is 0 Å². The average Bonchev–Trinajstić information content (AvgIpc) is 2.12. The molecular weight excluding hydrogens is 206 g/mol. The van der Waals surface area contributed by atoms with Gasteiger partial charge in [-0.25, -0.2) is 0 Å². The Bertz CT molecular complexity index is 390. The summed E-state index contributed by atoms with van der Waals surface area (Å²) >= 11 is 4.68. The molecule has 0 amide bonds. The number of benzene rings is 1. The lowest BCUT2D eigenvalue weighted by Crippen LogP contribution is -2.25. The molecule has 0 saturated heterocycles. The molecule has 0 aliphatic rings. The first-order valence-corrected chi connectivity index (χ1v) is 5.08. The third kappa shape index (κ3) is 3.67. The number of nitrogens with two attached hydrogens (primary N) is 1. The van der Waals surface area contributed by atoms with E-state index >= 15 is 0 Å². The predicted molar refractivity (Wildman–Crippen MR) is 68.0 cm³/mol. The van der Waals surface area contributed by atoms with Gasteiger partial charge in [-0.1, -0.05) is 29.3 Å². The van der Waals surface area contributed by atoms with Crippen LogP contribution in [-0.2, 0) is 0 Å². The molecule has 0 heterocycles. The quantitative estimate of drug-likeness (QED) is 0.455. The first-order valence-electron chi connectivity index (χ1n) is 4.67. The van der Waals surface area contributed by atoms with E-state index in [1.807, 2.05) is 6.92 Å². The van der Waals surface area contributed by atoms with Gasteiger partial charge < -0.3 is 5.73 Å². The molecule has 0 aliphatic heterocycles. The third-order valence-electron chi connectivity index (χ3n) is 1.97. The highest BCUT2D eigenvalue weighted by Gasteiger charge is 1.99. The molecule has 0 spiro atoms. The van der Waals surface area contributed by atoms with Crippen molar-refractivity contribution < 1.29 is 0 Å². The largest absolute Gasteiger partial charge is 0.375 e. The molecule has 0 fully saturated rings. The topological polar surface area (TPSA) is 50.4 Å². The lowest BCUT2D eigenvalue weighted by molar-refractivity contribution is 1.03. The SMILES string of the molecule is C/C(=N/NC(N)=S)c1cc(C)cc(C)c1. The number of hydrogen-bond donors (Lipinski definition) is 2. The highest BCUT2D eigenvalue weighted by atomic mass is 32.1. The minimum atomic E-state index is 0.179. The average molecular weight is 221 g/mol. The van der Waals surface area contributed by atoms with Crippen LogP contribution in [-0.4, -0.2) is 10.8 Å². The molecule has 3 nitrogen and oxygen atoms in total. The third-order valence-corrected chi connectivity index (χ3v) is 2.06. The van der Waals surface area contributed by atoms with Crippen LogP contribution in [0.3, 0.4) is 0 Å². The Labute approximate surface area is 95.4 Å². The van der Waals surface area contributed by atoms with Crippen LogP contribution in [0.2, 0.25) is 0 Å². The highest BCUT2D eigenvalue weighted by molar-refractivity contribution is 7.80. The van der Waals surface area contributed by atoms with E-state index in [4.69, 9.17) is 5.73 Å². The Morgan fingerprint density at radius 3 is 2.27 bits per heavy atom. The zero-order chi connectivity index (χ0) is 11.4. The van der Waals surface area contributed by atoms with E-state index in [9.17, 15) is 0 Å². The number of thiocarbonyl (C=S) groups is 1. The molecule has 1 rings (SSSR count). The minimum absolute atomic E-state index is 0.179. The van der Waals surface area contributed by atoms with Crippen molar-refractivity contribution in [3.63, 3.8) is 0 Å². The van der Waals surface area contributed by atoms with Gasteiger partial charge in [-0.3, -0.25) is 5.43 Å². The monoisotopic (exact) mass is 221 g/mol. The summed E-state index contributed by atoms with van der Waals surface area (Å²) in [6, 6.07) is 6.28. The molecule has 80 valence electrons. The second kappa shape index (κ2) is 4.89. The van der Waals surface area contributed by atoms with Crippen molar-refractivity contribution in [2.45, 2.75) is 20.8 Å². The smallest absolute Gasteiger partial charge is 0.184 e. The number of hydrazone groups is 1. The van der Waals surface area contributed by atoms with E-state index in [1.165, 1.54) is 11.1 Å². The zero-order valence-electron chi connectivity index (χ0n) is 9.16. The van der Waals surface area contributed by atoms with Gasteiger partial charge in [0.2, 0.25) is 0 Å². The Morgan fingerprint density at radius 2 is 1.80 bits per heavy atom. The predicted octanol–water partition coefficient (Wildman–Crippen LogP) is 1.86. The molecule has 0 saturated carbocycles. The van der Waals surface area contributed by atoms with Gasteiger partial charge in [-0.2, -0.15) is 5.10 Å². The normalized spacial score (nSPS) is 11.3. The van der Waals surface area contributed by atoms with Crippen molar-refractivity contribution in [3.05, 3.63) is 34.9 Å². The van der Waals surface area contributed by atoms with Crippen LogP contribution >= 0.6 is 12.2 Å². The lowest BCUT2D eigenvalue weighted by atomic mass is 10.0. The van der Waals surface area contributed by atoms with E-state index in [0.717, 1.165) is 11.3 Å². The van der Waals surface area contributed by atoms with Gasteiger partial charge in [-0.15, -0.1) is 0 Å². The number of hydrogen-bond acceptors (Lipinski definition) is 2. The van der Waals surface area contributed by atoms with E-state index in [0.29, 0.717) is 0 Å². The maximum absolute atomic E-state index is 5.29. The van der Waals surface area contributed by atoms with E-state index in [2.05, 4.69) is 54.8 Å². The molecule has 0 aromatic heterocycles. The summed E-state index contributed by atoms with van der Waals surface area (Å²) in [7, 11) is 0. The second-order valence-electron chi connectivity index (χ2n) is 3.55. The van der Waals surface area contributed by atoms with Crippen LogP contribution in [0.5, 0.6) is 0 Å². The minimum Gasteiger partial charge on any atom is -0.375 e.